The van der Waals surface area contributed by atoms with Crippen molar-refractivity contribution in [3.8, 4) is 10.8 Å². The van der Waals surface area contributed by atoms with Crippen LogP contribution in [0.3, 0.4) is 0 Å². The highest BCUT2D eigenvalue weighted by Crippen LogP contribution is 1.79. The summed E-state index contributed by atoms with van der Waals surface area (Å²) in [6.07, 6.45) is 0. The molecule has 0 aromatic carbocycles. The summed E-state index contributed by atoms with van der Waals surface area (Å²) in [4.78, 5) is 0. The molecule has 0 saturated carbocycles. The Labute approximate surface area is 41.0 Å². The van der Waals surface area contributed by atoms with Crippen LogP contribution in [0.15, 0.2) is 0 Å². The third-order valence-electron chi connectivity index (χ3n) is 0.257. The molecule has 36 valence electrons. The van der Waals surface area contributed by atoms with E-state index in [1.807, 2.05) is 0 Å². The fraction of sp³-hybridized carbons (Fsp3) is 0. The van der Waals surface area contributed by atoms with E-state index in [4.69, 9.17) is 15.3 Å². The van der Waals surface area contributed by atoms with Crippen LogP contribution < -0.4 is 0 Å². The minimum atomic E-state index is -3.55. The summed E-state index contributed by atoms with van der Waals surface area (Å²) in [6.45, 7) is 0. The van der Waals surface area contributed by atoms with Crippen molar-refractivity contribution in [1.29, 1.82) is 15.3 Å². The van der Waals surface area contributed by atoms with E-state index < -0.39 is 9.73 Å². The highest BCUT2D eigenvalue weighted by Gasteiger charge is 1.95. The molecule has 1 N–H and O–H groups in total. The van der Waals surface area contributed by atoms with Gasteiger partial charge in [0.15, 0.2) is 10.8 Å². The average Bonchev–Trinajstić information content (AvgIpc) is 1.68. The molecule has 0 radical (unpaired) electrons. The van der Waals surface area contributed by atoms with Gasteiger partial charge in [0.1, 0.15) is 0 Å². The van der Waals surface area contributed by atoms with Gasteiger partial charge >= 0.3 is 0 Å². The lowest BCUT2D eigenvalue weighted by Crippen LogP contribution is -1.82. The maximum absolute atomic E-state index is 9.87. The Morgan fingerprint density at radius 3 is 1.71 bits per heavy atom. The van der Waals surface area contributed by atoms with Crippen molar-refractivity contribution < 1.29 is 4.21 Å². The smallest absolute Gasteiger partial charge is 0.228 e. The second-order valence-electron chi connectivity index (χ2n) is 0.739. The van der Waals surface area contributed by atoms with Crippen molar-refractivity contribution in [3.63, 3.8) is 0 Å². The number of rotatable bonds is 0. The lowest BCUT2D eigenvalue weighted by atomic mass is 11.8. The average molecular weight is 115 g/mol. The van der Waals surface area contributed by atoms with E-state index in [-0.39, 0.29) is 0 Å². The molecule has 4 nitrogen and oxygen atoms in total. The number of nitriles is 2. The monoisotopic (exact) mass is 115 g/mol. The van der Waals surface area contributed by atoms with E-state index >= 15 is 0 Å². The minimum absolute atomic E-state index is 1.02. The fourth-order valence-corrected chi connectivity index (χ4v) is 0.0612. The van der Waals surface area contributed by atoms with Gasteiger partial charge in [-0.2, -0.15) is 10.5 Å². The topological polar surface area (TPSA) is 88.5 Å². The van der Waals surface area contributed by atoms with E-state index in [1.54, 1.807) is 0 Å². The summed E-state index contributed by atoms with van der Waals surface area (Å²) >= 11 is 0. The maximum Gasteiger partial charge on any atom is 0.230 e. The first kappa shape index (κ1) is 5.93. The molecule has 0 aromatic heterocycles. The molecule has 0 heterocycles. The fourth-order valence-electron chi connectivity index (χ4n) is 0.0204. The Morgan fingerprint density at radius 2 is 1.71 bits per heavy atom. The second-order valence-corrected chi connectivity index (χ2v) is 2.22. The Balaban J connectivity index is 4.74. The highest BCUT2D eigenvalue weighted by molar-refractivity contribution is 8.01. The summed E-state index contributed by atoms with van der Waals surface area (Å²) < 4.78 is 16.1. The Bertz CT molecular complexity index is 205. The lowest BCUT2D eigenvalue weighted by Gasteiger charge is -1.67. The zero-order valence-corrected chi connectivity index (χ0v) is 4.03. The predicted molar refractivity (Wildman–Crippen MR) is 22.1 cm³/mol. The van der Waals surface area contributed by atoms with Gasteiger partial charge in [-0.05, 0) is 0 Å². The molecule has 5 heteroatoms. The van der Waals surface area contributed by atoms with Crippen molar-refractivity contribution in [3.05, 3.63) is 0 Å². The van der Waals surface area contributed by atoms with E-state index in [0.717, 1.165) is 10.8 Å². The molecule has 0 aliphatic carbocycles. The summed E-state index contributed by atoms with van der Waals surface area (Å²) in [5.74, 6) is 0. The molecule has 0 saturated heterocycles. The van der Waals surface area contributed by atoms with Crippen LogP contribution in [0.2, 0.25) is 0 Å². The van der Waals surface area contributed by atoms with Crippen LogP contribution in [-0.4, -0.2) is 4.21 Å². The largest absolute Gasteiger partial charge is 0.230 e. The number of thiocyanates is 2. The molecule has 0 aliphatic heterocycles. The maximum atomic E-state index is 9.87. The van der Waals surface area contributed by atoms with E-state index in [2.05, 4.69) is 0 Å². The van der Waals surface area contributed by atoms with Crippen LogP contribution in [0.25, 0.3) is 0 Å². The van der Waals surface area contributed by atoms with E-state index in [9.17, 15) is 4.21 Å². The summed E-state index contributed by atoms with van der Waals surface area (Å²) in [5.41, 5.74) is 0. The molecule has 0 atom stereocenters. The Morgan fingerprint density at radius 1 is 1.43 bits per heavy atom. The van der Waals surface area contributed by atoms with Crippen molar-refractivity contribution in [2.45, 2.75) is 0 Å². The number of nitrogens with zero attached hydrogens (tertiary/aromatic N) is 2. The first-order valence-electron chi connectivity index (χ1n) is 1.23. The molecule has 0 aliphatic rings. The van der Waals surface area contributed by atoms with Gasteiger partial charge in [-0.1, -0.05) is 0 Å². The van der Waals surface area contributed by atoms with Gasteiger partial charge in [0.2, 0.25) is 9.73 Å². The third kappa shape index (κ3) is 1.74. The molecule has 7 heavy (non-hydrogen) atoms. The Hall–Kier alpha value is -1.07. The molecule has 0 spiro atoms. The standard InChI is InChI=1S/C2HN3OS/c3-1-7(5,6)2-4/h5H. The number of nitrogens with one attached hydrogen (secondary N) is 1. The molecular formula is C2HN3OS. The van der Waals surface area contributed by atoms with Gasteiger partial charge in [-0.3, -0.25) is 0 Å². The molecule has 0 amide bonds. The molecule has 0 bridgehead atoms. The van der Waals surface area contributed by atoms with E-state index in [1.165, 1.54) is 0 Å². The summed E-state index contributed by atoms with van der Waals surface area (Å²) in [6, 6.07) is 0. The quantitative estimate of drug-likeness (QED) is 0.450. The highest BCUT2D eigenvalue weighted by atomic mass is 32.2. The van der Waals surface area contributed by atoms with Crippen LogP contribution in [0.1, 0.15) is 0 Å². The zero-order chi connectivity index (χ0) is 5.91. The molecule has 0 fully saturated rings. The number of hydrogen-bond acceptors (Lipinski definition) is 4. The predicted octanol–water partition coefficient (Wildman–Crippen LogP) is -0.00467. The first-order valence-corrected chi connectivity index (χ1v) is 2.78. The van der Waals surface area contributed by atoms with Crippen LogP contribution in [0.5, 0.6) is 0 Å². The van der Waals surface area contributed by atoms with Crippen LogP contribution in [0, 0.1) is 26.1 Å². The second kappa shape index (κ2) is 1.59. The van der Waals surface area contributed by atoms with E-state index in [0.29, 0.717) is 0 Å². The lowest BCUT2D eigenvalue weighted by molar-refractivity contribution is 0.687. The van der Waals surface area contributed by atoms with Gasteiger partial charge in [0.25, 0.3) is 0 Å². The SMILES string of the molecule is N#CS(=N)(=O)C#N. The summed E-state index contributed by atoms with van der Waals surface area (Å²) in [5, 5.41) is 17.4. The Kier molecular flexibility index (Phi) is 1.34. The third-order valence-corrected chi connectivity index (χ3v) is 0.771. The molecule has 0 unspecified atom stereocenters. The van der Waals surface area contributed by atoms with Crippen LogP contribution in [-0.2, 0) is 9.73 Å². The van der Waals surface area contributed by atoms with Crippen molar-refractivity contribution >= 4 is 9.73 Å². The van der Waals surface area contributed by atoms with Gasteiger partial charge in [0, 0.05) is 0 Å². The van der Waals surface area contributed by atoms with Crippen molar-refractivity contribution in [1.82, 2.24) is 0 Å². The summed E-state index contributed by atoms with van der Waals surface area (Å²) in [7, 11) is -3.55. The van der Waals surface area contributed by atoms with Crippen LogP contribution in [0.4, 0.5) is 0 Å². The van der Waals surface area contributed by atoms with Crippen molar-refractivity contribution in [2.24, 2.45) is 0 Å². The minimum Gasteiger partial charge on any atom is -0.228 e. The van der Waals surface area contributed by atoms with Crippen molar-refractivity contribution in [2.75, 3.05) is 0 Å². The van der Waals surface area contributed by atoms with Gasteiger partial charge < -0.3 is 0 Å². The van der Waals surface area contributed by atoms with Gasteiger partial charge in [0.05, 0.1) is 0 Å². The number of hydrogen-bond donors (Lipinski definition) is 1. The first-order chi connectivity index (χ1) is 3.12. The zero-order valence-electron chi connectivity index (χ0n) is 3.21. The molecule has 0 aromatic rings. The van der Waals surface area contributed by atoms with Gasteiger partial charge in [-0.15, -0.1) is 0 Å². The normalized spacial score (nSPS) is 8.86. The van der Waals surface area contributed by atoms with Crippen LogP contribution >= 0.6 is 0 Å². The molecule has 0 rings (SSSR count). The van der Waals surface area contributed by atoms with Gasteiger partial charge in [-0.25, -0.2) is 8.99 Å². The molecular weight excluding hydrogens is 114 g/mol.